The van der Waals surface area contributed by atoms with Crippen molar-refractivity contribution in [3.8, 4) is 5.75 Å². The molecule has 1 aromatic rings. The van der Waals surface area contributed by atoms with Crippen LogP contribution in [0.1, 0.15) is 32.6 Å². The molecule has 0 unspecified atom stereocenters. The fourth-order valence-corrected chi connectivity index (χ4v) is 2.94. The van der Waals surface area contributed by atoms with E-state index in [1.807, 2.05) is 7.05 Å². The second kappa shape index (κ2) is 6.74. The van der Waals surface area contributed by atoms with Crippen LogP contribution in [0.15, 0.2) is 11.1 Å². The second-order valence-corrected chi connectivity index (χ2v) is 5.26. The number of aromatic nitrogens is 2. The standard InChI is InChI=1S/C14H24N4O2/c1-4-15-10-5-7-11(8-6-10)18(2)13-12(20-3)14(19)17-9-16-13/h9-11,15H,4-8H2,1-3H3,(H,16,17,19). The van der Waals surface area contributed by atoms with Gasteiger partial charge in [0.15, 0.2) is 5.82 Å². The average Bonchev–Trinajstić information content (AvgIpc) is 2.47. The first-order valence-electron chi connectivity index (χ1n) is 7.25. The molecule has 0 bridgehead atoms. The Bertz CT molecular complexity index is 480. The van der Waals surface area contributed by atoms with Gasteiger partial charge in [0.2, 0.25) is 5.75 Å². The number of hydrogen-bond acceptors (Lipinski definition) is 5. The molecule has 0 aromatic carbocycles. The van der Waals surface area contributed by atoms with Gasteiger partial charge in [0.25, 0.3) is 5.56 Å². The summed E-state index contributed by atoms with van der Waals surface area (Å²) >= 11 is 0. The monoisotopic (exact) mass is 280 g/mol. The number of rotatable bonds is 5. The lowest BCUT2D eigenvalue weighted by Gasteiger charge is -2.35. The summed E-state index contributed by atoms with van der Waals surface area (Å²) < 4.78 is 5.19. The molecule has 0 radical (unpaired) electrons. The summed E-state index contributed by atoms with van der Waals surface area (Å²) in [7, 11) is 3.49. The third-order valence-corrected chi connectivity index (χ3v) is 4.07. The van der Waals surface area contributed by atoms with E-state index in [-0.39, 0.29) is 5.56 Å². The molecule has 20 heavy (non-hydrogen) atoms. The molecule has 6 nitrogen and oxygen atoms in total. The Morgan fingerprint density at radius 3 is 2.75 bits per heavy atom. The van der Waals surface area contributed by atoms with Crippen molar-refractivity contribution in [1.29, 1.82) is 0 Å². The number of H-pyrrole nitrogens is 1. The number of methoxy groups -OCH3 is 1. The summed E-state index contributed by atoms with van der Waals surface area (Å²) in [4.78, 5) is 20.6. The first kappa shape index (κ1) is 14.8. The molecule has 1 aromatic heterocycles. The van der Waals surface area contributed by atoms with Crippen molar-refractivity contribution in [1.82, 2.24) is 15.3 Å². The lowest BCUT2D eigenvalue weighted by atomic mass is 9.90. The van der Waals surface area contributed by atoms with Crippen molar-refractivity contribution in [2.75, 3.05) is 25.6 Å². The van der Waals surface area contributed by atoms with E-state index < -0.39 is 0 Å². The molecule has 2 N–H and O–H groups in total. The zero-order chi connectivity index (χ0) is 14.5. The number of ether oxygens (including phenoxy) is 1. The highest BCUT2D eigenvalue weighted by molar-refractivity contribution is 5.50. The zero-order valence-corrected chi connectivity index (χ0v) is 12.5. The lowest BCUT2D eigenvalue weighted by Crippen LogP contribution is -2.41. The van der Waals surface area contributed by atoms with Gasteiger partial charge >= 0.3 is 0 Å². The maximum atomic E-state index is 11.7. The summed E-state index contributed by atoms with van der Waals surface area (Å²) in [5.41, 5.74) is -0.231. The van der Waals surface area contributed by atoms with Crippen molar-refractivity contribution in [2.45, 2.75) is 44.7 Å². The fourth-order valence-electron chi connectivity index (χ4n) is 2.94. The van der Waals surface area contributed by atoms with Crippen molar-refractivity contribution >= 4 is 5.82 Å². The molecule has 0 aliphatic heterocycles. The SMILES string of the molecule is CCNC1CCC(N(C)c2nc[nH]c(=O)c2OC)CC1. The van der Waals surface area contributed by atoms with Crippen LogP contribution in [0.25, 0.3) is 0 Å². The van der Waals surface area contributed by atoms with Gasteiger partial charge in [-0.25, -0.2) is 4.98 Å². The summed E-state index contributed by atoms with van der Waals surface area (Å²) in [6, 6.07) is 1.03. The summed E-state index contributed by atoms with van der Waals surface area (Å²) in [5, 5.41) is 3.50. The molecular weight excluding hydrogens is 256 g/mol. The van der Waals surface area contributed by atoms with Crippen LogP contribution in [0.3, 0.4) is 0 Å². The minimum atomic E-state index is -0.231. The van der Waals surface area contributed by atoms with Crippen LogP contribution in [0.2, 0.25) is 0 Å². The number of nitrogens with zero attached hydrogens (tertiary/aromatic N) is 2. The summed E-state index contributed by atoms with van der Waals surface area (Å²) in [5.74, 6) is 0.923. The second-order valence-electron chi connectivity index (χ2n) is 5.26. The van der Waals surface area contributed by atoms with Gasteiger partial charge in [-0.3, -0.25) is 4.79 Å². The molecule has 0 saturated heterocycles. The third-order valence-electron chi connectivity index (χ3n) is 4.07. The van der Waals surface area contributed by atoms with E-state index in [4.69, 9.17) is 4.74 Å². The van der Waals surface area contributed by atoms with Crippen LogP contribution >= 0.6 is 0 Å². The van der Waals surface area contributed by atoms with E-state index in [1.54, 1.807) is 0 Å². The van der Waals surface area contributed by atoms with Crippen molar-refractivity contribution in [2.24, 2.45) is 0 Å². The Morgan fingerprint density at radius 2 is 2.15 bits per heavy atom. The largest absolute Gasteiger partial charge is 0.489 e. The molecule has 1 heterocycles. The van der Waals surface area contributed by atoms with E-state index in [2.05, 4.69) is 27.1 Å². The van der Waals surface area contributed by atoms with Crippen LogP contribution < -0.4 is 20.5 Å². The van der Waals surface area contributed by atoms with Crippen LogP contribution in [-0.4, -0.2) is 42.8 Å². The molecule has 1 saturated carbocycles. The molecule has 2 rings (SSSR count). The normalized spacial score (nSPS) is 22.6. The molecule has 1 aliphatic carbocycles. The van der Waals surface area contributed by atoms with Crippen molar-refractivity contribution < 1.29 is 4.74 Å². The molecule has 0 amide bonds. The Kier molecular flexibility index (Phi) is 5.00. The molecular formula is C14H24N4O2. The highest BCUT2D eigenvalue weighted by Crippen LogP contribution is 2.28. The zero-order valence-electron chi connectivity index (χ0n) is 12.5. The lowest BCUT2D eigenvalue weighted by molar-refractivity contribution is 0.337. The highest BCUT2D eigenvalue weighted by Gasteiger charge is 2.26. The molecule has 112 valence electrons. The number of aromatic amines is 1. The van der Waals surface area contributed by atoms with Gasteiger partial charge in [-0.1, -0.05) is 6.92 Å². The molecule has 6 heteroatoms. The number of hydrogen-bond donors (Lipinski definition) is 2. The Hall–Kier alpha value is -1.56. The van der Waals surface area contributed by atoms with Crippen LogP contribution in [0.4, 0.5) is 5.82 Å². The van der Waals surface area contributed by atoms with E-state index in [0.29, 0.717) is 23.7 Å². The molecule has 0 atom stereocenters. The van der Waals surface area contributed by atoms with Gasteiger partial charge in [0, 0.05) is 19.1 Å². The average molecular weight is 280 g/mol. The predicted molar refractivity (Wildman–Crippen MR) is 79.5 cm³/mol. The van der Waals surface area contributed by atoms with Crippen LogP contribution in [0, 0.1) is 0 Å². The maximum Gasteiger partial charge on any atom is 0.295 e. The summed E-state index contributed by atoms with van der Waals surface area (Å²) in [6.07, 6.45) is 5.96. The first-order chi connectivity index (χ1) is 9.67. The van der Waals surface area contributed by atoms with Crippen LogP contribution in [-0.2, 0) is 0 Å². The fraction of sp³-hybridized carbons (Fsp3) is 0.714. The first-order valence-corrected chi connectivity index (χ1v) is 7.25. The topological polar surface area (TPSA) is 70.2 Å². The van der Waals surface area contributed by atoms with Gasteiger partial charge in [-0.05, 0) is 32.2 Å². The predicted octanol–water partition coefficient (Wildman–Crippen LogP) is 1.14. The van der Waals surface area contributed by atoms with Crippen molar-refractivity contribution in [3.05, 3.63) is 16.7 Å². The maximum absolute atomic E-state index is 11.7. The molecule has 1 fully saturated rings. The highest BCUT2D eigenvalue weighted by atomic mass is 16.5. The molecule has 0 spiro atoms. The Labute approximate surface area is 119 Å². The van der Waals surface area contributed by atoms with E-state index in [0.717, 1.165) is 32.2 Å². The number of nitrogens with one attached hydrogen (secondary N) is 2. The molecule has 1 aliphatic rings. The minimum absolute atomic E-state index is 0.231. The Morgan fingerprint density at radius 1 is 1.45 bits per heavy atom. The quantitative estimate of drug-likeness (QED) is 0.846. The third kappa shape index (κ3) is 3.12. The Balaban J connectivity index is 2.07. The van der Waals surface area contributed by atoms with Gasteiger partial charge in [0.05, 0.1) is 13.4 Å². The number of anilines is 1. The summed E-state index contributed by atoms with van der Waals surface area (Å²) in [6.45, 7) is 3.16. The van der Waals surface area contributed by atoms with Gasteiger partial charge in [0.1, 0.15) is 0 Å². The van der Waals surface area contributed by atoms with Gasteiger partial charge < -0.3 is 19.9 Å². The van der Waals surface area contributed by atoms with E-state index in [1.165, 1.54) is 13.4 Å². The van der Waals surface area contributed by atoms with Gasteiger partial charge in [-0.2, -0.15) is 0 Å². The smallest absolute Gasteiger partial charge is 0.295 e. The van der Waals surface area contributed by atoms with E-state index in [9.17, 15) is 4.79 Å². The van der Waals surface area contributed by atoms with E-state index >= 15 is 0 Å². The van der Waals surface area contributed by atoms with Crippen LogP contribution in [0.5, 0.6) is 5.75 Å². The van der Waals surface area contributed by atoms with Crippen molar-refractivity contribution in [3.63, 3.8) is 0 Å². The van der Waals surface area contributed by atoms with Gasteiger partial charge in [-0.15, -0.1) is 0 Å². The minimum Gasteiger partial charge on any atom is -0.489 e.